The molecule has 7 nitrogen and oxygen atoms in total. The minimum atomic E-state index is 0.0677. The molecule has 1 heterocycles. The van der Waals surface area contributed by atoms with Gasteiger partial charge in [0.2, 0.25) is 0 Å². The van der Waals surface area contributed by atoms with E-state index in [0.29, 0.717) is 78.6 Å². The highest BCUT2D eigenvalue weighted by Crippen LogP contribution is 2.29. The van der Waals surface area contributed by atoms with E-state index in [2.05, 4.69) is 6.58 Å². The van der Waals surface area contributed by atoms with Gasteiger partial charge in [0.25, 0.3) is 0 Å². The summed E-state index contributed by atoms with van der Waals surface area (Å²) in [6.45, 7) is 10.7. The molecule has 1 aliphatic heterocycles. The predicted molar refractivity (Wildman–Crippen MR) is 101 cm³/mol. The highest BCUT2D eigenvalue weighted by molar-refractivity contribution is 4.82. The van der Waals surface area contributed by atoms with Crippen LogP contribution in [0.15, 0.2) is 12.7 Å². The van der Waals surface area contributed by atoms with Crippen LogP contribution in [-0.4, -0.2) is 91.5 Å². The van der Waals surface area contributed by atoms with E-state index in [0.717, 1.165) is 25.9 Å². The van der Waals surface area contributed by atoms with Crippen LogP contribution in [0.5, 0.6) is 0 Å². The van der Waals surface area contributed by atoms with Crippen molar-refractivity contribution in [3.8, 4) is 0 Å². The van der Waals surface area contributed by atoms with E-state index in [1.165, 1.54) is 0 Å². The Morgan fingerprint density at radius 3 is 1.78 bits per heavy atom. The average molecular weight is 389 g/mol. The maximum atomic E-state index is 6.10. The molecule has 1 saturated carbocycles. The molecule has 0 aromatic heterocycles. The van der Waals surface area contributed by atoms with Crippen molar-refractivity contribution in [3.63, 3.8) is 0 Å². The van der Waals surface area contributed by atoms with Crippen molar-refractivity contribution in [3.05, 3.63) is 12.7 Å². The summed E-state index contributed by atoms with van der Waals surface area (Å²) >= 11 is 0. The van der Waals surface area contributed by atoms with Gasteiger partial charge in [0.05, 0.1) is 84.9 Å². The van der Waals surface area contributed by atoms with Gasteiger partial charge in [-0.2, -0.15) is 0 Å². The van der Waals surface area contributed by atoms with Gasteiger partial charge < -0.3 is 33.2 Å². The lowest BCUT2D eigenvalue weighted by atomic mass is 9.85. The lowest BCUT2D eigenvalue weighted by Gasteiger charge is -2.35. The van der Waals surface area contributed by atoms with Crippen molar-refractivity contribution in [1.29, 1.82) is 0 Å². The summed E-state index contributed by atoms with van der Waals surface area (Å²) in [6.07, 6.45) is 4.96. The number of rotatable bonds is 4. The fraction of sp³-hybridized carbons (Fsp3) is 0.900. The molecule has 3 unspecified atom stereocenters. The maximum Gasteiger partial charge on any atom is 0.0841 e. The average Bonchev–Trinajstić information content (AvgIpc) is 2.68. The van der Waals surface area contributed by atoms with Crippen LogP contribution >= 0.6 is 0 Å². The smallest absolute Gasteiger partial charge is 0.0841 e. The fourth-order valence-electron chi connectivity index (χ4n) is 3.30. The quantitative estimate of drug-likeness (QED) is 0.538. The molecule has 7 heteroatoms. The van der Waals surface area contributed by atoms with Crippen LogP contribution in [0.2, 0.25) is 0 Å². The molecule has 0 amide bonds. The van der Waals surface area contributed by atoms with E-state index >= 15 is 0 Å². The molecule has 27 heavy (non-hydrogen) atoms. The maximum absolute atomic E-state index is 6.10. The number of fused-ring (bicyclic) bond motifs is 1. The first-order chi connectivity index (χ1) is 13.4. The van der Waals surface area contributed by atoms with Crippen molar-refractivity contribution in [2.45, 2.75) is 31.5 Å². The molecular weight excluding hydrogens is 352 g/mol. The van der Waals surface area contributed by atoms with E-state index < -0.39 is 0 Å². The summed E-state index contributed by atoms with van der Waals surface area (Å²) in [6, 6.07) is 0. The van der Waals surface area contributed by atoms with Gasteiger partial charge in [0.15, 0.2) is 0 Å². The molecule has 0 radical (unpaired) electrons. The zero-order valence-electron chi connectivity index (χ0n) is 16.5. The van der Waals surface area contributed by atoms with Crippen molar-refractivity contribution >= 4 is 0 Å². The van der Waals surface area contributed by atoms with Crippen LogP contribution in [-0.2, 0) is 33.2 Å². The number of hydrogen-bond donors (Lipinski definition) is 0. The zero-order chi connectivity index (χ0) is 19.0. The third-order valence-electron chi connectivity index (χ3n) is 4.66. The molecular formula is C20H36O7. The minimum absolute atomic E-state index is 0.0677. The third kappa shape index (κ3) is 10.5. The minimum Gasteiger partial charge on any atom is -0.377 e. The van der Waals surface area contributed by atoms with Crippen LogP contribution in [0.1, 0.15) is 19.3 Å². The van der Waals surface area contributed by atoms with Gasteiger partial charge in [0.1, 0.15) is 0 Å². The summed E-state index contributed by atoms with van der Waals surface area (Å²) in [5, 5.41) is 0. The molecule has 1 aliphatic carbocycles. The van der Waals surface area contributed by atoms with Gasteiger partial charge in [-0.3, -0.25) is 0 Å². The Hall–Kier alpha value is -0.540. The van der Waals surface area contributed by atoms with E-state index in [4.69, 9.17) is 33.2 Å². The first-order valence-corrected chi connectivity index (χ1v) is 10.1. The molecule has 2 aliphatic rings. The van der Waals surface area contributed by atoms with Crippen molar-refractivity contribution < 1.29 is 33.2 Å². The molecule has 1 saturated heterocycles. The van der Waals surface area contributed by atoms with E-state index in [-0.39, 0.29) is 12.2 Å². The van der Waals surface area contributed by atoms with Crippen molar-refractivity contribution in [2.24, 2.45) is 5.92 Å². The van der Waals surface area contributed by atoms with Crippen molar-refractivity contribution in [1.82, 2.24) is 0 Å². The lowest BCUT2D eigenvalue weighted by molar-refractivity contribution is -0.125. The van der Waals surface area contributed by atoms with E-state index in [1.807, 2.05) is 0 Å². The van der Waals surface area contributed by atoms with Crippen LogP contribution in [0, 0.1) is 5.92 Å². The number of ether oxygens (including phenoxy) is 7. The Morgan fingerprint density at radius 2 is 1.22 bits per heavy atom. The van der Waals surface area contributed by atoms with E-state index in [9.17, 15) is 0 Å². The highest BCUT2D eigenvalue weighted by Gasteiger charge is 2.32. The molecule has 0 aromatic carbocycles. The second kappa shape index (κ2) is 15.4. The standard InChI is InChI=1S/C20H36O7/c1-2-5-25-17-18-3-4-19-20(16-18)27-15-13-24-11-9-22-7-6-21-8-10-23-12-14-26-19/h2,18-20H,1,3-17H2. The Morgan fingerprint density at radius 1 is 0.704 bits per heavy atom. The molecule has 3 atom stereocenters. The Labute approximate surface area is 163 Å². The fourth-order valence-corrected chi connectivity index (χ4v) is 3.30. The van der Waals surface area contributed by atoms with Gasteiger partial charge in [-0.25, -0.2) is 0 Å². The predicted octanol–water partition coefficient (Wildman–Crippen LogP) is 1.84. The van der Waals surface area contributed by atoms with E-state index in [1.54, 1.807) is 6.08 Å². The van der Waals surface area contributed by atoms with Crippen molar-refractivity contribution in [2.75, 3.05) is 79.3 Å². The summed E-state index contributed by atoms with van der Waals surface area (Å²) < 4.78 is 39.8. The second-order valence-corrected chi connectivity index (χ2v) is 6.77. The first-order valence-electron chi connectivity index (χ1n) is 10.1. The first kappa shape index (κ1) is 22.7. The number of hydrogen-bond acceptors (Lipinski definition) is 7. The molecule has 0 bridgehead atoms. The topological polar surface area (TPSA) is 64.6 Å². The molecule has 0 N–H and O–H groups in total. The largest absolute Gasteiger partial charge is 0.377 e. The van der Waals surface area contributed by atoms with Crippen LogP contribution in [0.3, 0.4) is 0 Å². The molecule has 0 aromatic rings. The Bertz CT molecular complexity index is 366. The molecule has 0 spiro atoms. The van der Waals surface area contributed by atoms with Gasteiger partial charge in [-0.1, -0.05) is 6.08 Å². The monoisotopic (exact) mass is 388 g/mol. The third-order valence-corrected chi connectivity index (χ3v) is 4.66. The second-order valence-electron chi connectivity index (χ2n) is 6.77. The Kier molecular flexibility index (Phi) is 13.0. The summed E-state index contributed by atoms with van der Waals surface area (Å²) in [7, 11) is 0. The summed E-state index contributed by atoms with van der Waals surface area (Å²) in [5.41, 5.74) is 0. The van der Waals surface area contributed by atoms with Crippen LogP contribution in [0.25, 0.3) is 0 Å². The zero-order valence-corrected chi connectivity index (χ0v) is 16.5. The van der Waals surface area contributed by atoms with Crippen LogP contribution in [0.4, 0.5) is 0 Å². The molecule has 2 fully saturated rings. The molecule has 2 rings (SSSR count). The van der Waals surface area contributed by atoms with Crippen LogP contribution < -0.4 is 0 Å². The van der Waals surface area contributed by atoms with Gasteiger partial charge in [-0.05, 0) is 25.2 Å². The summed E-state index contributed by atoms with van der Waals surface area (Å²) in [5.74, 6) is 0.496. The summed E-state index contributed by atoms with van der Waals surface area (Å²) in [4.78, 5) is 0. The lowest BCUT2D eigenvalue weighted by Crippen LogP contribution is -2.40. The molecule has 158 valence electrons. The van der Waals surface area contributed by atoms with Gasteiger partial charge in [-0.15, -0.1) is 6.58 Å². The SMILES string of the molecule is C=CCOCC1CCC2OCCOCCOCCOCCOCCOC2C1. The normalized spacial score (nSPS) is 30.6. The van der Waals surface area contributed by atoms with Gasteiger partial charge >= 0.3 is 0 Å². The highest BCUT2D eigenvalue weighted by atomic mass is 16.6. The van der Waals surface area contributed by atoms with Gasteiger partial charge in [0, 0.05) is 6.61 Å². The Balaban J connectivity index is 1.76.